The third-order valence-electron chi connectivity index (χ3n) is 4.97. The Balaban J connectivity index is 1.58. The van der Waals surface area contributed by atoms with Crippen LogP contribution in [0.4, 0.5) is 5.69 Å². The highest BCUT2D eigenvalue weighted by atomic mass is 32.2. The van der Waals surface area contributed by atoms with Gasteiger partial charge in [-0.1, -0.05) is 6.07 Å². The van der Waals surface area contributed by atoms with Crippen LogP contribution in [0, 0.1) is 11.8 Å². The van der Waals surface area contributed by atoms with Gasteiger partial charge in [0, 0.05) is 25.2 Å². The van der Waals surface area contributed by atoms with E-state index >= 15 is 0 Å². The fraction of sp³-hybridized carbons (Fsp3) is 0.529. The highest BCUT2D eigenvalue weighted by molar-refractivity contribution is 7.89. The highest BCUT2D eigenvalue weighted by Gasteiger charge is 2.35. The van der Waals surface area contributed by atoms with Crippen molar-refractivity contribution >= 4 is 27.5 Å². The van der Waals surface area contributed by atoms with Gasteiger partial charge >= 0.3 is 0 Å². The normalized spacial score (nSPS) is 23.4. The van der Waals surface area contributed by atoms with Crippen molar-refractivity contribution < 1.29 is 18.0 Å². The summed E-state index contributed by atoms with van der Waals surface area (Å²) in [5.74, 6) is -0.161. The summed E-state index contributed by atoms with van der Waals surface area (Å²) in [5, 5.41) is 11.4. The van der Waals surface area contributed by atoms with Crippen molar-refractivity contribution in [1.82, 2.24) is 10.6 Å². The molecule has 0 aliphatic carbocycles. The Kier molecular flexibility index (Phi) is 5.59. The van der Waals surface area contributed by atoms with E-state index < -0.39 is 15.9 Å². The van der Waals surface area contributed by atoms with E-state index in [1.165, 1.54) is 23.1 Å². The van der Waals surface area contributed by atoms with E-state index in [9.17, 15) is 18.0 Å². The van der Waals surface area contributed by atoms with Gasteiger partial charge in [-0.3, -0.25) is 9.59 Å². The second kappa shape index (κ2) is 7.73. The average molecular weight is 380 g/mol. The van der Waals surface area contributed by atoms with Gasteiger partial charge in [0.05, 0.1) is 10.8 Å². The Labute approximate surface area is 153 Å². The van der Waals surface area contributed by atoms with Gasteiger partial charge in [0.25, 0.3) is 0 Å². The quantitative estimate of drug-likeness (QED) is 0.631. The van der Waals surface area contributed by atoms with E-state index in [1.54, 1.807) is 6.07 Å². The number of nitrogens with two attached hydrogens (primary N) is 1. The monoisotopic (exact) mass is 380 g/mol. The molecule has 0 saturated carbocycles. The van der Waals surface area contributed by atoms with E-state index in [0.29, 0.717) is 18.2 Å². The predicted octanol–water partition coefficient (Wildman–Crippen LogP) is -0.197. The van der Waals surface area contributed by atoms with Gasteiger partial charge in [-0.2, -0.15) is 0 Å². The number of sulfonamides is 1. The number of carbonyl (C=O) groups excluding carboxylic acids is 2. The molecule has 2 aliphatic rings. The van der Waals surface area contributed by atoms with Crippen molar-refractivity contribution in [3.8, 4) is 0 Å². The number of rotatable bonds is 6. The van der Waals surface area contributed by atoms with Crippen LogP contribution in [0.3, 0.4) is 0 Å². The molecule has 3 rings (SSSR count). The van der Waals surface area contributed by atoms with Gasteiger partial charge in [0.1, 0.15) is 0 Å². The van der Waals surface area contributed by atoms with Crippen LogP contribution in [-0.2, 0) is 19.6 Å². The van der Waals surface area contributed by atoms with Crippen LogP contribution in [0.15, 0.2) is 29.2 Å². The van der Waals surface area contributed by atoms with Crippen molar-refractivity contribution in [3.63, 3.8) is 0 Å². The molecular formula is C17H24N4O4S. The van der Waals surface area contributed by atoms with Crippen LogP contribution in [-0.4, -0.2) is 46.4 Å². The van der Waals surface area contributed by atoms with Gasteiger partial charge in [0.15, 0.2) is 0 Å². The zero-order valence-corrected chi connectivity index (χ0v) is 15.3. The lowest BCUT2D eigenvalue weighted by atomic mass is 10.0. The second-order valence-corrected chi connectivity index (χ2v) is 8.45. The molecule has 2 saturated heterocycles. The molecule has 9 heteroatoms. The van der Waals surface area contributed by atoms with E-state index in [-0.39, 0.29) is 29.7 Å². The molecule has 0 radical (unpaired) electrons. The van der Waals surface area contributed by atoms with E-state index in [4.69, 9.17) is 5.14 Å². The summed E-state index contributed by atoms with van der Waals surface area (Å²) >= 11 is 0. The van der Waals surface area contributed by atoms with E-state index in [2.05, 4.69) is 10.6 Å². The molecule has 0 aromatic heterocycles. The van der Waals surface area contributed by atoms with E-state index in [0.717, 1.165) is 25.9 Å². The van der Waals surface area contributed by atoms with Gasteiger partial charge in [-0.25, -0.2) is 13.6 Å². The molecule has 2 amide bonds. The van der Waals surface area contributed by atoms with Crippen LogP contribution >= 0.6 is 0 Å². The first kappa shape index (κ1) is 18.8. The van der Waals surface area contributed by atoms with E-state index in [1.807, 2.05) is 0 Å². The number of nitrogens with one attached hydrogen (secondary N) is 2. The molecule has 26 heavy (non-hydrogen) atoms. The molecule has 2 atom stereocenters. The number of hydrogen-bond donors (Lipinski definition) is 3. The molecule has 8 nitrogen and oxygen atoms in total. The molecule has 2 unspecified atom stereocenters. The van der Waals surface area contributed by atoms with Gasteiger partial charge in [-0.05, 0) is 50.0 Å². The minimum Gasteiger partial charge on any atom is -0.356 e. The maximum atomic E-state index is 12.3. The summed E-state index contributed by atoms with van der Waals surface area (Å²) in [7, 11) is -3.84. The minimum atomic E-state index is -3.84. The average Bonchev–Trinajstić information content (AvgIpc) is 3.24. The molecule has 1 aromatic carbocycles. The first-order chi connectivity index (χ1) is 12.3. The lowest BCUT2D eigenvalue weighted by Crippen LogP contribution is -2.34. The molecule has 1 aromatic rings. The number of anilines is 1. The van der Waals surface area contributed by atoms with Crippen molar-refractivity contribution in [2.75, 3.05) is 31.1 Å². The molecular weight excluding hydrogens is 356 g/mol. The van der Waals surface area contributed by atoms with Gasteiger partial charge in [0.2, 0.25) is 21.8 Å². The summed E-state index contributed by atoms with van der Waals surface area (Å²) in [6, 6.07) is 5.91. The number of benzene rings is 1. The lowest BCUT2D eigenvalue weighted by molar-refractivity contribution is -0.126. The summed E-state index contributed by atoms with van der Waals surface area (Å²) in [6.45, 7) is 2.87. The van der Waals surface area contributed by atoms with Crippen molar-refractivity contribution in [1.29, 1.82) is 0 Å². The van der Waals surface area contributed by atoms with Gasteiger partial charge < -0.3 is 15.5 Å². The smallest absolute Gasteiger partial charge is 0.238 e. The van der Waals surface area contributed by atoms with Crippen LogP contribution in [0.1, 0.15) is 19.3 Å². The van der Waals surface area contributed by atoms with Crippen LogP contribution < -0.4 is 20.7 Å². The summed E-state index contributed by atoms with van der Waals surface area (Å²) in [6.07, 6.45) is 2.18. The zero-order valence-electron chi connectivity index (χ0n) is 14.5. The molecule has 2 heterocycles. The summed E-state index contributed by atoms with van der Waals surface area (Å²) < 4.78 is 23.0. The summed E-state index contributed by atoms with van der Waals surface area (Å²) in [4.78, 5) is 26.0. The number of primary sulfonamides is 1. The maximum absolute atomic E-state index is 12.3. The SMILES string of the molecule is NS(=O)(=O)c1cccc(N2CC(C(=O)NCCC3CCNC3)CC2=O)c1. The third-order valence-corrected chi connectivity index (χ3v) is 5.88. The van der Waals surface area contributed by atoms with Crippen LogP contribution in [0.25, 0.3) is 0 Å². The number of hydrogen-bond acceptors (Lipinski definition) is 5. The lowest BCUT2D eigenvalue weighted by Gasteiger charge is -2.17. The predicted molar refractivity (Wildman–Crippen MR) is 96.9 cm³/mol. The van der Waals surface area contributed by atoms with Crippen molar-refractivity contribution in [3.05, 3.63) is 24.3 Å². The summed E-state index contributed by atoms with van der Waals surface area (Å²) in [5.41, 5.74) is 0.439. The largest absolute Gasteiger partial charge is 0.356 e. The molecule has 0 spiro atoms. The first-order valence-corrected chi connectivity index (χ1v) is 10.3. The molecule has 0 bridgehead atoms. The number of nitrogens with zero attached hydrogens (tertiary/aromatic N) is 1. The Morgan fingerprint density at radius 1 is 1.38 bits per heavy atom. The Morgan fingerprint density at radius 3 is 2.88 bits per heavy atom. The molecule has 2 aliphatic heterocycles. The van der Waals surface area contributed by atoms with Crippen molar-refractivity contribution in [2.45, 2.75) is 24.2 Å². The molecule has 2 fully saturated rings. The zero-order chi connectivity index (χ0) is 18.7. The highest BCUT2D eigenvalue weighted by Crippen LogP contribution is 2.27. The Morgan fingerprint density at radius 2 is 2.19 bits per heavy atom. The fourth-order valence-corrected chi connectivity index (χ4v) is 4.02. The van der Waals surface area contributed by atoms with Crippen LogP contribution in [0.2, 0.25) is 0 Å². The Hall–Kier alpha value is -1.97. The first-order valence-electron chi connectivity index (χ1n) is 8.76. The maximum Gasteiger partial charge on any atom is 0.238 e. The third kappa shape index (κ3) is 4.40. The van der Waals surface area contributed by atoms with Gasteiger partial charge in [-0.15, -0.1) is 0 Å². The Bertz CT molecular complexity index is 790. The fourth-order valence-electron chi connectivity index (χ4n) is 3.47. The minimum absolute atomic E-state index is 0.0547. The topological polar surface area (TPSA) is 122 Å². The molecule has 4 N–H and O–H groups in total. The van der Waals surface area contributed by atoms with Crippen LogP contribution in [0.5, 0.6) is 0 Å². The molecule has 142 valence electrons. The standard InChI is InChI=1S/C17H24N4O4S/c18-26(24,25)15-3-1-2-14(9-15)21-11-13(8-16(21)22)17(23)20-7-5-12-4-6-19-10-12/h1-3,9,12-13,19H,4-8,10-11H2,(H,20,23)(H2,18,24,25). The number of carbonyl (C=O) groups is 2. The number of amides is 2. The van der Waals surface area contributed by atoms with Crippen molar-refractivity contribution in [2.24, 2.45) is 17.0 Å². The second-order valence-electron chi connectivity index (χ2n) is 6.89.